The van der Waals surface area contributed by atoms with Crippen LogP contribution in [0.5, 0.6) is 0 Å². The molecule has 0 fully saturated rings. The summed E-state index contributed by atoms with van der Waals surface area (Å²) in [4.78, 5) is 21.9. The van der Waals surface area contributed by atoms with Gasteiger partial charge < -0.3 is 31.6 Å². The summed E-state index contributed by atoms with van der Waals surface area (Å²) in [6.07, 6.45) is 0. The lowest BCUT2D eigenvalue weighted by atomic mass is 9.87. The molecule has 0 spiro atoms. The van der Waals surface area contributed by atoms with Gasteiger partial charge in [0.2, 0.25) is 0 Å². The van der Waals surface area contributed by atoms with Crippen molar-refractivity contribution in [2.45, 2.75) is 51.1 Å². The number of fused-ring (bicyclic) bond motifs is 4. The fraction of sp³-hybridized carbons (Fsp3) is 0.293. The first kappa shape index (κ1) is 35.0. The molecule has 2 aliphatic rings. The molecule has 6 unspecified atom stereocenters. The average molecular weight is 738 g/mol. The number of hydrogen-bond acceptors (Lipinski definition) is 7. The van der Waals surface area contributed by atoms with Crippen LogP contribution in [0.3, 0.4) is 0 Å². The van der Waals surface area contributed by atoms with Crippen LogP contribution in [0.4, 0.5) is 0 Å². The SMILES string of the molecule is CC(CO)C(N)c1ccc2[nH]c(-c3ccc(Cl)c4c3C(C(=O)C3NCc5c(Cl)ccc(-c6cc7cc(C(N)C(C)CO)ccc7[nH]6)c53)NC4)cc2c1. The number of nitrogens with one attached hydrogen (secondary N) is 4. The van der Waals surface area contributed by atoms with Crippen molar-refractivity contribution in [2.24, 2.45) is 23.3 Å². The molecule has 268 valence electrons. The van der Waals surface area contributed by atoms with Gasteiger partial charge in [-0.05, 0) is 93.7 Å². The lowest BCUT2D eigenvalue weighted by Gasteiger charge is -2.21. The molecule has 4 heterocycles. The number of H-pyrrole nitrogens is 2. The number of nitrogens with two attached hydrogens (primary N) is 2. The van der Waals surface area contributed by atoms with Crippen LogP contribution in [0, 0.1) is 11.8 Å². The molecule has 2 aromatic heterocycles. The number of hydrogen-bond donors (Lipinski definition) is 8. The Morgan fingerprint density at radius 1 is 0.692 bits per heavy atom. The molecule has 0 aliphatic carbocycles. The van der Waals surface area contributed by atoms with Crippen LogP contribution in [-0.4, -0.2) is 39.2 Å². The normalized spacial score (nSPS) is 19.2. The summed E-state index contributed by atoms with van der Waals surface area (Å²) in [6, 6.07) is 22.2. The molecule has 6 aromatic rings. The van der Waals surface area contributed by atoms with Crippen LogP contribution in [-0.2, 0) is 17.9 Å². The van der Waals surface area contributed by atoms with Gasteiger partial charge in [0.15, 0.2) is 5.78 Å². The fourth-order valence-electron chi connectivity index (χ4n) is 7.92. The van der Waals surface area contributed by atoms with Crippen LogP contribution in [0.2, 0.25) is 10.0 Å². The summed E-state index contributed by atoms with van der Waals surface area (Å²) in [5.41, 5.74) is 23.8. The molecule has 52 heavy (non-hydrogen) atoms. The second-order valence-electron chi connectivity index (χ2n) is 14.4. The van der Waals surface area contributed by atoms with Crippen molar-refractivity contribution < 1.29 is 15.0 Å². The minimum Gasteiger partial charge on any atom is -0.396 e. The number of carbonyl (C=O) groups is 1. The third kappa shape index (κ3) is 5.86. The van der Waals surface area contributed by atoms with E-state index in [1.54, 1.807) is 0 Å². The van der Waals surface area contributed by atoms with Gasteiger partial charge in [-0.3, -0.25) is 15.4 Å². The van der Waals surface area contributed by atoms with E-state index < -0.39 is 12.1 Å². The number of benzene rings is 4. The van der Waals surface area contributed by atoms with Crippen molar-refractivity contribution in [1.29, 1.82) is 0 Å². The Hall–Kier alpha value is -4.03. The maximum absolute atomic E-state index is 14.8. The van der Waals surface area contributed by atoms with E-state index in [-0.39, 0.29) is 42.9 Å². The number of Topliss-reactive ketones (excluding diaryl/α,β-unsaturated/α-hetero) is 1. The molecule has 0 saturated carbocycles. The smallest absolute Gasteiger partial charge is 0.175 e. The molecule has 0 bridgehead atoms. The second kappa shape index (κ2) is 13.7. The number of rotatable bonds is 10. The van der Waals surface area contributed by atoms with E-state index in [1.165, 1.54) is 0 Å². The molecule has 10 N–H and O–H groups in total. The summed E-state index contributed by atoms with van der Waals surface area (Å²) in [5.74, 6) is -0.173. The van der Waals surface area contributed by atoms with Gasteiger partial charge in [-0.1, -0.05) is 61.3 Å². The van der Waals surface area contributed by atoms with Crippen molar-refractivity contribution in [1.82, 2.24) is 20.6 Å². The molecular weight excluding hydrogens is 695 g/mol. The maximum Gasteiger partial charge on any atom is 0.175 e. The zero-order valence-electron chi connectivity index (χ0n) is 28.9. The fourth-order valence-corrected chi connectivity index (χ4v) is 8.38. The molecule has 11 heteroatoms. The summed E-state index contributed by atoms with van der Waals surface area (Å²) in [5, 5.41) is 29.5. The third-order valence-electron chi connectivity index (χ3n) is 11.2. The highest BCUT2D eigenvalue weighted by Crippen LogP contribution is 2.45. The van der Waals surface area contributed by atoms with Gasteiger partial charge in [0.25, 0.3) is 0 Å². The van der Waals surface area contributed by atoms with Gasteiger partial charge in [0.05, 0.1) is 12.1 Å². The molecule has 6 atom stereocenters. The number of aliphatic hydroxyl groups excluding tert-OH is 2. The number of aromatic nitrogens is 2. The molecular formula is C41H42Cl2N6O3. The molecule has 0 amide bonds. The minimum atomic E-state index is -0.625. The number of carbonyl (C=O) groups excluding carboxylic acids is 1. The quantitative estimate of drug-likeness (QED) is 0.0743. The lowest BCUT2D eigenvalue weighted by molar-refractivity contribution is -0.123. The Labute approximate surface area is 311 Å². The monoisotopic (exact) mass is 736 g/mol. The Balaban J connectivity index is 1.16. The van der Waals surface area contributed by atoms with Gasteiger partial charge >= 0.3 is 0 Å². The van der Waals surface area contributed by atoms with Crippen LogP contribution in [0.25, 0.3) is 44.3 Å². The van der Waals surface area contributed by atoms with Gasteiger partial charge in [0, 0.05) is 92.8 Å². The molecule has 8 rings (SSSR count). The summed E-state index contributed by atoms with van der Waals surface area (Å²) < 4.78 is 0. The first-order chi connectivity index (χ1) is 25.1. The Kier molecular flexibility index (Phi) is 9.26. The largest absolute Gasteiger partial charge is 0.396 e. The van der Waals surface area contributed by atoms with Crippen LogP contribution in [0.15, 0.2) is 72.8 Å². The standard InChI is InChI=1S/C41H42Cl2N6O3/c1-19(17-50)37(44)21-3-9-31-23(11-21)13-33(48-31)25-5-7-29(42)27-15-46-39(35(25)27)41(52)40-36-26(6-8-30(43)28(36)16-47-40)34-14-24-12-22(4-10-32(24)49-34)38(45)20(2)18-51/h3-14,19-20,37-40,46-51H,15-18,44-45H2,1-2H3. The van der Waals surface area contributed by atoms with Gasteiger partial charge in [-0.15, -0.1) is 0 Å². The molecule has 2 aliphatic heterocycles. The Morgan fingerprint density at radius 3 is 1.52 bits per heavy atom. The van der Waals surface area contributed by atoms with Crippen molar-refractivity contribution in [3.63, 3.8) is 0 Å². The van der Waals surface area contributed by atoms with Crippen LogP contribution in [0.1, 0.15) is 71.4 Å². The topological polar surface area (TPSA) is 165 Å². The summed E-state index contributed by atoms with van der Waals surface area (Å²) in [6.45, 7) is 4.80. The molecule has 0 radical (unpaired) electrons. The predicted molar refractivity (Wildman–Crippen MR) is 208 cm³/mol. The first-order valence-corrected chi connectivity index (χ1v) is 18.5. The minimum absolute atomic E-state index is 0.00817. The van der Waals surface area contributed by atoms with E-state index >= 15 is 0 Å². The first-order valence-electron chi connectivity index (χ1n) is 17.7. The van der Waals surface area contributed by atoms with E-state index in [1.807, 2.05) is 62.4 Å². The highest BCUT2D eigenvalue weighted by molar-refractivity contribution is 6.32. The third-order valence-corrected chi connectivity index (χ3v) is 11.9. The zero-order valence-corrected chi connectivity index (χ0v) is 30.4. The van der Waals surface area contributed by atoms with E-state index in [4.69, 9.17) is 34.7 Å². The summed E-state index contributed by atoms with van der Waals surface area (Å²) >= 11 is 13.6. The van der Waals surface area contributed by atoms with Crippen molar-refractivity contribution in [3.8, 4) is 22.5 Å². The second-order valence-corrected chi connectivity index (χ2v) is 15.2. The van der Waals surface area contributed by atoms with Gasteiger partial charge in [-0.2, -0.15) is 0 Å². The van der Waals surface area contributed by atoms with Crippen LogP contribution < -0.4 is 22.1 Å². The van der Waals surface area contributed by atoms with Crippen molar-refractivity contribution in [2.75, 3.05) is 13.2 Å². The highest BCUT2D eigenvalue weighted by Gasteiger charge is 2.41. The van der Waals surface area contributed by atoms with E-state index in [9.17, 15) is 15.0 Å². The van der Waals surface area contributed by atoms with E-state index in [0.717, 1.165) is 77.7 Å². The predicted octanol–water partition coefficient (Wildman–Crippen LogP) is 7.10. The number of aromatic amines is 2. The van der Waals surface area contributed by atoms with Gasteiger partial charge in [0.1, 0.15) is 0 Å². The summed E-state index contributed by atoms with van der Waals surface area (Å²) in [7, 11) is 0. The molecule has 0 saturated heterocycles. The van der Waals surface area contributed by atoms with E-state index in [0.29, 0.717) is 23.1 Å². The zero-order chi connectivity index (χ0) is 36.4. The van der Waals surface area contributed by atoms with E-state index in [2.05, 4.69) is 44.9 Å². The van der Waals surface area contributed by atoms with Crippen LogP contribution >= 0.6 is 23.2 Å². The lowest BCUT2D eigenvalue weighted by Crippen LogP contribution is -2.32. The number of ketones is 1. The molecule has 9 nitrogen and oxygen atoms in total. The number of aliphatic hydroxyl groups is 2. The van der Waals surface area contributed by atoms with Crippen molar-refractivity contribution >= 4 is 50.8 Å². The Bertz CT molecular complexity index is 2190. The average Bonchev–Trinajstić information content (AvgIpc) is 3.97. The van der Waals surface area contributed by atoms with Gasteiger partial charge in [-0.25, -0.2) is 0 Å². The number of halogens is 2. The molecule has 4 aromatic carbocycles. The Morgan fingerprint density at radius 2 is 1.12 bits per heavy atom. The van der Waals surface area contributed by atoms with Crippen molar-refractivity contribution in [3.05, 3.63) is 116 Å². The highest BCUT2D eigenvalue weighted by atomic mass is 35.5. The maximum atomic E-state index is 14.8.